The molecule has 0 aliphatic heterocycles. The molecule has 0 bridgehead atoms. The molecule has 0 aliphatic rings. The minimum Gasteiger partial charge on any atom is -0.392 e. The quantitative estimate of drug-likeness (QED) is 0.880. The third-order valence-corrected chi connectivity index (χ3v) is 3.86. The Balaban J connectivity index is 2.15. The van der Waals surface area contributed by atoms with Gasteiger partial charge in [0.05, 0.1) is 6.10 Å². The molecular formula is C16H23N3O. The number of aromatic nitrogens is 3. The molecule has 4 heteroatoms. The summed E-state index contributed by atoms with van der Waals surface area (Å²) < 4.78 is 1.88. The summed E-state index contributed by atoms with van der Waals surface area (Å²) in [5.41, 5.74) is 0.818. The first-order valence-corrected chi connectivity index (χ1v) is 7.16. The Morgan fingerprint density at radius 1 is 1.25 bits per heavy atom. The largest absolute Gasteiger partial charge is 0.392 e. The van der Waals surface area contributed by atoms with Crippen LogP contribution in [0.2, 0.25) is 0 Å². The highest BCUT2D eigenvalue weighted by molar-refractivity contribution is 5.25. The van der Waals surface area contributed by atoms with Crippen LogP contribution in [-0.4, -0.2) is 26.0 Å². The molecule has 1 heterocycles. The molecule has 0 saturated carbocycles. The zero-order chi connectivity index (χ0) is 14.6. The smallest absolute Gasteiger partial charge is 0.138 e. The number of hydrogen-bond donors (Lipinski definition) is 1. The standard InChI is InChI=1S/C16H23N3O/c1-4-10-19-15(17-12-18-19)11-14(20)16(2,3)13-8-6-5-7-9-13/h5-9,12,14,20H,4,10-11H2,1-3H3. The highest BCUT2D eigenvalue weighted by atomic mass is 16.3. The molecule has 1 aromatic carbocycles. The van der Waals surface area contributed by atoms with Gasteiger partial charge in [-0.1, -0.05) is 51.1 Å². The first kappa shape index (κ1) is 14.7. The third-order valence-electron chi connectivity index (χ3n) is 3.86. The normalized spacial score (nSPS) is 13.4. The maximum absolute atomic E-state index is 10.6. The summed E-state index contributed by atoms with van der Waals surface area (Å²) in [6.45, 7) is 7.07. The molecule has 4 nitrogen and oxygen atoms in total. The van der Waals surface area contributed by atoms with Crippen LogP contribution < -0.4 is 0 Å². The van der Waals surface area contributed by atoms with Gasteiger partial charge in [-0.3, -0.25) is 4.68 Å². The van der Waals surface area contributed by atoms with Crippen LogP contribution in [-0.2, 0) is 18.4 Å². The van der Waals surface area contributed by atoms with Crippen molar-refractivity contribution in [1.82, 2.24) is 14.8 Å². The lowest BCUT2D eigenvalue weighted by molar-refractivity contribution is 0.0968. The summed E-state index contributed by atoms with van der Waals surface area (Å²) in [5, 5.41) is 14.8. The second-order valence-electron chi connectivity index (χ2n) is 5.71. The number of aryl methyl sites for hydroxylation is 1. The van der Waals surface area contributed by atoms with Crippen LogP contribution in [0.4, 0.5) is 0 Å². The average Bonchev–Trinajstić information content (AvgIpc) is 2.87. The van der Waals surface area contributed by atoms with Crippen molar-refractivity contribution in [1.29, 1.82) is 0 Å². The van der Waals surface area contributed by atoms with Crippen molar-refractivity contribution in [3.05, 3.63) is 48.0 Å². The van der Waals surface area contributed by atoms with E-state index in [-0.39, 0.29) is 5.41 Å². The lowest BCUT2D eigenvalue weighted by Gasteiger charge is -2.31. The Kier molecular flexibility index (Phi) is 4.55. The highest BCUT2D eigenvalue weighted by Crippen LogP contribution is 2.28. The summed E-state index contributed by atoms with van der Waals surface area (Å²) >= 11 is 0. The van der Waals surface area contributed by atoms with E-state index < -0.39 is 6.10 Å². The van der Waals surface area contributed by atoms with E-state index in [0.29, 0.717) is 6.42 Å². The van der Waals surface area contributed by atoms with E-state index in [4.69, 9.17) is 0 Å². The van der Waals surface area contributed by atoms with Gasteiger partial charge in [-0.25, -0.2) is 4.98 Å². The van der Waals surface area contributed by atoms with Crippen LogP contribution in [0.5, 0.6) is 0 Å². The maximum atomic E-state index is 10.6. The molecule has 0 amide bonds. The molecule has 0 aliphatic carbocycles. The number of aliphatic hydroxyl groups excluding tert-OH is 1. The number of benzene rings is 1. The Morgan fingerprint density at radius 3 is 2.60 bits per heavy atom. The van der Waals surface area contributed by atoms with E-state index in [1.807, 2.05) is 22.9 Å². The number of aliphatic hydroxyl groups is 1. The number of nitrogens with zero attached hydrogens (tertiary/aromatic N) is 3. The molecular weight excluding hydrogens is 250 g/mol. The first-order valence-electron chi connectivity index (χ1n) is 7.16. The van der Waals surface area contributed by atoms with Gasteiger partial charge < -0.3 is 5.11 Å². The zero-order valence-electron chi connectivity index (χ0n) is 12.5. The SMILES string of the molecule is CCCn1ncnc1CC(O)C(C)(C)c1ccccc1. The van der Waals surface area contributed by atoms with Gasteiger partial charge in [-0.05, 0) is 12.0 Å². The lowest BCUT2D eigenvalue weighted by atomic mass is 9.78. The molecule has 2 rings (SSSR count). The fourth-order valence-corrected chi connectivity index (χ4v) is 2.33. The summed E-state index contributed by atoms with van der Waals surface area (Å²) in [4.78, 5) is 4.27. The van der Waals surface area contributed by atoms with Crippen LogP contribution >= 0.6 is 0 Å². The van der Waals surface area contributed by atoms with Crippen molar-refractivity contribution in [3.63, 3.8) is 0 Å². The van der Waals surface area contributed by atoms with E-state index in [1.54, 1.807) is 6.33 Å². The molecule has 20 heavy (non-hydrogen) atoms. The minimum atomic E-state index is -0.496. The zero-order valence-corrected chi connectivity index (χ0v) is 12.5. The molecule has 108 valence electrons. The van der Waals surface area contributed by atoms with E-state index >= 15 is 0 Å². The summed E-state index contributed by atoms with van der Waals surface area (Å²) in [7, 11) is 0. The van der Waals surface area contributed by atoms with Crippen molar-refractivity contribution in [2.24, 2.45) is 0 Å². The first-order chi connectivity index (χ1) is 9.55. The fraction of sp³-hybridized carbons (Fsp3) is 0.500. The maximum Gasteiger partial charge on any atom is 0.138 e. The van der Waals surface area contributed by atoms with Crippen LogP contribution in [0.3, 0.4) is 0 Å². The minimum absolute atomic E-state index is 0.315. The Bertz CT molecular complexity index is 534. The fourth-order valence-electron chi connectivity index (χ4n) is 2.33. The topological polar surface area (TPSA) is 50.9 Å². The van der Waals surface area contributed by atoms with Gasteiger partial charge in [0.25, 0.3) is 0 Å². The van der Waals surface area contributed by atoms with Gasteiger partial charge in [0, 0.05) is 18.4 Å². The van der Waals surface area contributed by atoms with E-state index in [1.165, 1.54) is 0 Å². The Labute approximate surface area is 120 Å². The summed E-state index contributed by atoms with van der Waals surface area (Å²) in [5.74, 6) is 0.850. The summed E-state index contributed by atoms with van der Waals surface area (Å²) in [6.07, 6.45) is 2.59. The highest BCUT2D eigenvalue weighted by Gasteiger charge is 2.30. The monoisotopic (exact) mass is 273 g/mol. The van der Waals surface area contributed by atoms with Crippen molar-refractivity contribution in [2.75, 3.05) is 0 Å². The summed E-state index contributed by atoms with van der Waals surface area (Å²) in [6, 6.07) is 10.1. The molecule has 0 radical (unpaired) electrons. The second kappa shape index (κ2) is 6.18. The Hall–Kier alpha value is -1.68. The van der Waals surface area contributed by atoms with E-state index in [0.717, 1.165) is 24.4 Å². The molecule has 0 spiro atoms. The Morgan fingerprint density at radius 2 is 1.95 bits per heavy atom. The van der Waals surface area contributed by atoms with Gasteiger partial charge >= 0.3 is 0 Å². The predicted octanol–water partition coefficient (Wildman–Crippen LogP) is 2.57. The van der Waals surface area contributed by atoms with Crippen molar-refractivity contribution in [2.45, 2.75) is 51.7 Å². The van der Waals surface area contributed by atoms with Gasteiger partial charge in [-0.2, -0.15) is 5.10 Å². The predicted molar refractivity (Wildman–Crippen MR) is 79.5 cm³/mol. The van der Waals surface area contributed by atoms with Crippen molar-refractivity contribution in [3.8, 4) is 0 Å². The van der Waals surface area contributed by atoms with Crippen LogP contribution in [0.15, 0.2) is 36.7 Å². The number of hydrogen-bond acceptors (Lipinski definition) is 3. The van der Waals surface area contributed by atoms with E-state index in [9.17, 15) is 5.11 Å². The molecule has 1 N–H and O–H groups in total. The molecule has 2 aromatic rings. The van der Waals surface area contributed by atoms with E-state index in [2.05, 4.69) is 43.0 Å². The van der Waals surface area contributed by atoms with Gasteiger partial charge in [0.1, 0.15) is 12.2 Å². The van der Waals surface area contributed by atoms with Crippen LogP contribution in [0.1, 0.15) is 38.6 Å². The third kappa shape index (κ3) is 3.07. The second-order valence-corrected chi connectivity index (χ2v) is 5.71. The lowest BCUT2D eigenvalue weighted by Crippen LogP contribution is -2.36. The number of rotatable bonds is 6. The molecule has 1 unspecified atom stereocenters. The van der Waals surface area contributed by atoms with Gasteiger partial charge in [0.15, 0.2) is 0 Å². The van der Waals surface area contributed by atoms with Crippen molar-refractivity contribution >= 4 is 0 Å². The average molecular weight is 273 g/mol. The van der Waals surface area contributed by atoms with Crippen LogP contribution in [0.25, 0.3) is 0 Å². The van der Waals surface area contributed by atoms with Gasteiger partial charge in [-0.15, -0.1) is 0 Å². The van der Waals surface area contributed by atoms with Crippen LogP contribution in [0, 0.1) is 0 Å². The molecule has 1 atom stereocenters. The van der Waals surface area contributed by atoms with Gasteiger partial charge in [0.2, 0.25) is 0 Å². The molecule has 0 fully saturated rings. The molecule has 1 aromatic heterocycles. The molecule has 0 saturated heterocycles. The van der Waals surface area contributed by atoms with Crippen molar-refractivity contribution < 1.29 is 5.11 Å².